The van der Waals surface area contributed by atoms with Gasteiger partial charge < -0.3 is 10.1 Å². The Hall–Kier alpha value is -0.890. The third-order valence-electron chi connectivity index (χ3n) is 3.65. The van der Waals surface area contributed by atoms with Crippen LogP contribution in [0, 0.1) is 18.8 Å². The lowest BCUT2D eigenvalue weighted by molar-refractivity contribution is 0.124. The Morgan fingerprint density at radius 1 is 1.26 bits per heavy atom. The predicted molar refractivity (Wildman–Crippen MR) is 82.3 cm³/mol. The van der Waals surface area contributed by atoms with Crippen LogP contribution in [0.5, 0.6) is 5.75 Å². The van der Waals surface area contributed by atoms with Crippen LogP contribution in [0.2, 0.25) is 5.02 Å². The molecule has 0 radical (unpaired) electrons. The van der Waals surface area contributed by atoms with E-state index < -0.39 is 0 Å². The predicted octanol–water partition coefficient (Wildman–Crippen LogP) is 4.89. The Morgan fingerprint density at radius 3 is 2.53 bits per heavy atom. The number of aryl methyl sites for hydroxylation is 1. The van der Waals surface area contributed by atoms with E-state index in [0.717, 1.165) is 28.4 Å². The van der Waals surface area contributed by atoms with Gasteiger partial charge in [0.25, 0.3) is 0 Å². The van der Waals surface area contributed by atoms with E-state index in [9.17, 15) is 0 Å². The molecular formula is C16H24ClNO. The second-order valence-electron chi connectivity index (χ2n) is 6.30. The summed E-state index contributed by atoms with van der Waals surface area (Å²) >= 11 is 6.13. The number of benzene rings is 1. The Morgan fingerprint density at radius 2 is 1.95 bits per heavy atom. The molecule has 3 heteroatoms. The molecule has 0 saturated carbocycles. The average molecular weight is 282 g/mol. The third kappa shape index (κ3) is 3.17. The summed E-state index contributed by atoms with van der Waals surface area (Å²) in [4.78, 5) is 0. The highest BCUT2D eigenvalue weighted by atomic mass is 35.5. The molecule has 1 heterocycles. The van der Waals surface area contributed by atoms with E-state index >= 15 is 0 Å². The van der Waals surface area contributed by atoms with Crippen LogP contribution in [0.3, 0.4) is 0 Å². The van der Waals surface area contributed by atoms with Gasteiger partial charge in [0.15, 0.2) is 0 Å². The van der Waals surface area contributed by atoms with E-state index in [1.807, 2.05) is 12.1 Å². The molecule has 0 bridgehead atoms. The van der Waals surface area contributed by atoms with Gasteiger partial charge in [-0.2, -0.15) is 0 Å². The summed E-state index contributed by atoms with van der Waals surface area (Å²) in [6, 6.07) is 4.27. The van der Waals surface area contributed by atoms with Crippen molar-refractivity contribution in [3.8, 4) is 5.75 Å². The molecule has 2 rings (SSSR count). The highest BCUT2D eigenvalue weighted by Gasteiger charge is 2.32. The number of fused-ring (bicyclic) bond motifs is 1. The van der Waals surface area contributed by atoms with E-state index in [2.05, 4.69) is 39.9 Å². The van der Waals surface area contributed by atoms with E-state index in [4.69, 9.17) is 16.3 Å². The number of hydrogen-bond donors (Lipinski definition) is 1. The molecule has 1 aromatic carbocycles. The molecular weight excluding hydrogens is 258 g/mol. The van der Waals surface area contributed by atoms with Crippen LogP contribution in [0.1, 0.15) is 39.7 Å². The smallest absolute Gasteiger partial charge is 0.145 e. The maximum absolute atomic E-state index is 6.28. The SMILES string of the molecule is Cc1cc(Cl)cc2c1OC(CC(C)C)C(C(C)C)N2. The van der Waals surface area contributed by atoms with Crippen molar-refractivity contribution in [3.63, 3.8) is 0 Å². The fraction of sp³-hybridized carbons (Fsp3) is 0.625. The van der Waals surface area contributed by atoms with Gasteiger partial charge in [0.05, 0.1) is 11.7 Å². The van der Waals surface area contributed by atoms with Crippen molar-refractivity contribution >= 4 is 17.3 Å². The number of hydrogen-bond acceptors (Lipinski definition) is 2. The Labute approximate surface area is 121 Å². The van der Waals surface area contributed by atoms with Gasteiger partial charge in [-0.3, -0.25) is 0 Å². The van der Waals surface area contributed by atoms with E-state index in [0.29, 0.717) is 17.9 Å². The van der Waals surface area contributed by atoms with Crippen LogP contribution in [0.4, 0.5) is 5.69 Å². The molecule has 1 aliphatic heterocycles. The maximum Gasteiger partial charge on any atom is 0.145 e. The normalized spacial score (nSPS) is 22.1. The monoisotopic (exact) mass is 281 g/mol. The number of halogens is 1. The summed E-state index contributed by atoms with van der Waals surface area (Å²) in [7, 11) is 0. The Balaban J connectivity index is 2.33. The zero-order chi connectivity index (χ0) is 14.2. The molecule has 0 saturated heterocycles. The standard InChI is InChI=1S/C16H24ClNO/c1-9(2)6-14-15(10(3)4)18-13-8-12(17)7-11(5)16(13)19-14/h7-10,14-15,18H,6H2,1-5H3. The first kappa shape index (κ1) is 14.5. The molecule has 0 aromatic heterocycles. The summed E-state index contributed by atoms with van der Waals surface area (Å²) < 4.78 is 6.28. The Kier molecular flexibility index (Phi) is 4.29. The fourth-order valence-electron chi connectivity index (χ4n) is 2.75. The van der Waals surface area contributed by atoms with Crippen molar-refractivity contribution in [3.05, 3.63) is 22.7 Å². The molecule has 1 N–H and O–H groups in total. The molecule has 0 amide bonds. The molecule has 19 heavy (non-hydrogen) atoms. The lowest BCUT2D eigenvalue weighted by Gasteiger charge is -2.39. The molecule has 2 atom stereocenters. The van der Waals surface area contributed by atoms with Crippen molar-refractivity contribution < 1.29 is 4.74 Å². The first-order chi connectivity index (χ1) is 8.88. The lowest BCUT2D eigenvalue weighted by atomic mass is 9.90. The highest BCUT2D eigenvalue weighted by Crippen LogP contribution is 2.39. The molecule has 1 aliphatic rings. The van der Waals surface area contributed by atoms with E-state index in [-0.39, 0.29) is 6.10 Å². The van der Waals surface area contributed by atoms with Gasteiger partial charge in [0.1, 0.15) is 11.9 Å². The number of nitrogens with one attached hydrogen (secondary N) is 1. The zero-order valence-corrected chi connectivity index (χ0v) is 13.2. The number of anilines is 1. The van der Waals surface area contributed by atoms with Crippen LogP contribution < -0.4 is 10.1 Å². The van der Waals surface area contributed by atoms with Crippen molar-refractivity contribution in [2.75, 3.05) is 5.32 Å². The van der Waals surface area contributed by atoms with Crippen molar-refractivity contribution in [2.45, 2.75) is 53.2 Å². The average Bonchev–Trinajstić information content (AvgIpc) is 2.28. The number of rotatable bonds is 3. The summed E-state index contributed by atoms with van der Waals surface area (Å²) in [5.41, 5.74) is 2.13. The zero-order valence-electron chi connectivity index (χ0n) is 12.5. The second-order valence-corrected chi connectivity index (χ2v) is 6.74. The largest absolute Gasteiger partial charge is 0.486 e. The number of ether oxygens (including phenoxy) is 1. The van der Waals surface area contributed by atoms with Gasteiger partial charge in [0, 0.05) is 5.02 Å². The van der Waals surface area contributed by atoms with Crippen LogP contribution in [-0.4, -0.2) is 12.1 Å². The summed E-state index contributed by atoms with van der Waals surface area (Å²) in [6.45, 7) is 11.0. The van der Waals surface area contributed by atoms with Crippen LogP contribution in [0.15, 0.2) is 12.1 Å². The third-order valence-corrected chi connectivity index (χ3v) is 3.87. The van der Waals surface area contributed by atoms with Crippen LogP contribution >= 0.6 is 11.6 Å². The first-order valence-electron chi connectivity index (χ1n) is 7.11. The van der Waals surface area contributed by atoms with Gasteiger partial charge in [-0.05, 0) is 42.9 Å². The van der Waals surface area contributed by atoms with Gasteiger partial charge >= 0.3 is 0 Å². The van der Waals surface area contributed by atoms with Gasteiger partial charge in [0.2, 0.25) is 0 Å². The topological polar surface area (TPSA) is 21.3 Å². The Bertz CT molecular complexity index is 456. The molecule has 0 spiro atoms. The van der Waals surface area contributed by atoms with Gasteiger partial charge in [-0.15, -0.1) is 0 Å². The summed E-state index contributed by atoms with van der Waals surface area (Å²) in [6.07, 6.45) is 1.30. The minimum absolute atomic E-state index is 0.229. The van der Waals surface area contributed by atoms with Crippen molar-refractivity contribution in [1.29, 1.82) is 0 Å². The van der Waals surface area contributed by atoms with E-state index in [1.165, 1.54) is 0 Å². The second kappa shape index (κ2) is 5.62. The molecule has 0 aliphatic carbocycles. The van der Waals surface area contributed by atoms with Crippen molar-refractivity contribution in [1.82, 2.24) is 0 Å². The van der Waals surface area contributed by atoms with Crippen LogP contribution in [0.25, 0.3) is 0 Å². The van der Waals surface area contributed by atoms with Gasteiger partial charge in [-0.1, -0.05) is 39.3 Å². The fourth-order valence-corrected chi connectivity index (χ4v) is 3.02. The molecule has 0 fully saturated rings. The first-order valence-corrected chi connectivity index (χ1v) is 7.49. The molecule has 106 valence electrons. The van der Waals surface area contributed by atoms with Crippen molar-refractivity contribution in [2.24, 2.45) is 11.8 Å². The summed E-state index contributed by atoms with van der Waals surface area (Å²) in [5.74, 6) is 2.12. The molecule has 2 unspecified atom stereocenters. The lowest BCUT2D eigenvalue weighted by Crippen LogP contribution is -2.45. The minimum Gasteiger partial charge on any atom is -0.486 e. The molecule has 1 aromatic rings. The van der Waals surface area contributed by atoms with Crippen LogP contribution in [-0.2, 0) is 0 Å². The quantitative estimate of drug-likeness (QED) is 0.851. The van der Waals surface area contributed by atoms with Gasteiger partial charge in [-0.25, -0.2) is 0 Å². The minimum atomic E-state index is 0.229. The van der Waals surface area contributed by atoms with E-state index in [1.54, 1.807) is 0 Å². The highest BCUT2D eigenvalue weighted by molar-refractivity contribution is 6.31. The maximum atomic E-state index is 6.28. The molecule has 2 nitrogen and oxygen atoms in total. The summed E-state index contributed by atoms with van der Waals surface area (Å²) in [5, 5.41) is 4.39.